The van der Waals surface area contributed by atoms with Gasteiger partial charge in [0.2, 0.25) is 0 Å². The second kappa shape index (κ2) is 3.77. The van der Waals surface area contributed by atoms with Gasteiger partial charge in [-0.15, -0.1) is 11.8 Å². The molecule has 2 heteroatoms. The number of hydrogen-bond acceptors (Lipinski definition) is 1. The van der Waals surface area contributed by atoms with Crippen LogP contribution >= 0.6 is 11.8 Å². The van der Waals surface area contributed by atoms with Crippen LogP contribution in [0.25, 0.3) is 0 Å². The lowest BCUT2D eigenvalue weighted by Crippen LogP contribution is -1.85. The van der Waals surface area contributed by atoms with E-state index in [1.165, 1.54) is 12.1 Å². The smallest absolute Gasteiger partial charge is 0.123 e. The number of rotatable bonds is 2. The van der Waals surface area contributed by atoms with Crippen LogP contribution in [-0.2, 0) is 0 Å². The summed E-state index contributed by atoms with van der Waals surface area (Å²) >= 11 is 1.74. The van der Waals surface area contributed by atoms with Crippen molar-refractivity contribution in [1.29, 1.82) is 0 Å². The van der Waals surface area contributed by atoms with Crippen LogP contribution in [0.4, 0.5) is 4.39 Å². The van der Waals surface area contributed by atoms with Gasteiger partial charge in [0.25, 0.3) is 0 Å². The molecule has 0 fully saturated rings. The van der Waals surface area contributed by atoms with Crippen molar-refractivity contribution in [2.45, 2.75) is 24.0 Å². The monoisotopic (exact) mass is 170 g/mol. The van der Waals surface area contributed by atoms with Gasteiger partial charge in [0.05, 0.1) is 0 Å². The van der Waals surface area contributed by atoms with Crippen molar-refractivity contribution in [3.8, 4) is 0 Å². The molecule has 0 bridgehead atoms. The minimum Gasteiger partial charge on any atom is -0.207 e. The lowest BCUT2D eigenvalue weighted by atomic mass is 10.4. The fraction of sp³-hybridized carbons (Fsp3) is 0.333. The van der Waals surface area contributed by atoms with Crippen LogP contribution in [0.2, 0.25) is 0 Å². The maximum Gasteiger partial charge on any atom is 0.123 e. The fourth-order valence-electron chi connectivity index (χ4n) is 0.785. The average molecular weight is 170 g/mol. The predicted octanol–water partition coefficient (Wildman–Crippen LogP) is 3.33. The minimum absolute atomic E-state index is 0.168. The summed E-state index contributed by atoms with van der Waals surface area (Å²) in [5.41, 5.74) is 0. The zero-order valence-electron chi connectivity index (χ0n) is 6.67. The Bertz CT molecular complexity index is 216. The number of benzene rings is 1. The highest BCUT2D eigenvalue weighted by Crippen LogP contribution is 2.22. The van der Waals surface area contributed by atoms with E-state index in [-0.39, 0.29) is 5.82 Å². The molecule has 0 saturated heterocycles. The third kappa shape index (κ3) is 2.93. The molecule has 1 aromatic carbocycles. The van der Waals surface area contributed by atoms with E-state index in [0.29, 0.717) is 5.25 Å². The molecule has 0 aliphatic rings. The van der Waals surface area contributed by atoms with E-state index >= 15 is 0 Å². The molecule has 0 radical (unpaired) electrons. The van der Waals surface area contributed by atoms with E-state index in [1.54, 1.807) is 23.9 Å². The Morgan fingerprint density at radius 3 is 2.18 bits per heavy atom. The Labute approximate surface area is 70.8 Å². The van der Waals surface area contributed by atoms with E-state index in [4.69, 9.17) is 0 Å². The van der Waals surface area contributed by atoms with Crippen molar-refractivity contribution in [3.63, 3.8) is 0 Å². The normalized spacial score (nSPS) is 10.5. The molecular formula is C9H11FS. The molecule has 0 aromatic heterocycles. The summed E-state index contributed by atoms with van der Waals surface area (Å²) in [4.78, 5) is 1.13. The highest BCUT2D eigenvalue weighted by Gasteiger charge is 1.97. The van der Waals surface area contributed by atoms with Gasteiger partial charge in [-0.05, 0) is 24.3 Å². The van der Waals surface area contributed by atoms with Crippen LogP contribution in [0.15, 0.2) is 29.2 Å². The standard InChI is InChI=1S/C9H11FS/c1-7(2)11-9-5-3-8(10)4-6-9/h3-7H,1-2H3. The predicted molar refractivity (Wildman–Crippen MR) is 47.4 cm³/mol. The molecule has 0 aliphatic heterocycles. The van der Waals surface area contributed by atoms with E-state index in [1.807, 2.05) is 0 Å². The fourth-order valence-corrected chi connectivity index (χ4v) is 1.62. The number of thioether (sulfide) groups is 1. The first-order chi connectivity index (χ1) is 5.18. The van der Waals surface area contributed by atoms with Gasteiger partial charge in [0.15, 0.2) is 0 Å². The second-order valence-electron chi connectivity index (χ2n) is 2.62. The van der Waals surface area contributed by atoms with Crippen molar-refractivity contribution in [1.82, 2.24) is 0 Å². The van der Waals surface area contributed by atoms with Gasteiger partial charge in [-0.2, -0.15) is 0 Å². The van der Waals surface area contributed by atoms with Crippen molar-refractivity contribution < 1.29 is 4.39 Å². The van der Waals surface area contributed by atoms with Gasteiger partial charge >= 0.3 is 0 Å². The Balaban J connectivity index is 2.66. The lowest BCUT2D eigenvalue weighted by Gasteiger charge is -2.03. The van der Waals surface area contributed by atoms with E-state index < -0.39 is 0 Å². The molecule has 60 valence electrons. The summed E-state index contributed by atoms with van der Waals surface area (Å²) in [6, 6.07) is 6.59. The Morgan fingerprint density at radius 2 is 1.73 bits per heavy atom. The summed E-state index contributed by atoms with van der Waals surface area (Å²) < 4.78 is 12.4. The van der Waals surface area contributed by atoms with Crippen LogP contribution in [0, 0.1) is 5.82 Å². The van der Waals surface area contributed by atoms with E-state index in [0.717, 1.165) is 4.90 Å². The first-order valence-electron chi connectivity index (χ1n) is 3.60. The maximum absolute atomic E-state index is 12.4. The third-order valence-corrected chi connectivity index (χ3v) is 2.20. The summed E-state index contributed by atoms with van der Waals surface area (Å²) in [5, 5.41) is 0.556. The molecule has 0 amide bonds. The zero-order chi connectivity index (χ0) is 8.27. The summed E-state index contributed by atoms with van der Waals surface area (Å²) in [6.07, 6.45) is 0. The molecule has 1 aromatic rings. The van der Waals surface area contributed by atoms with Crippen molar-refractivity contribution in [2.75, 3.05) is 0 Å². The summed E-state index contributed by atoms with van der Waals surface area (Å²) in [6.45, 7) is 4.24. The molecule has 0 N–H and O–H groups in total. The van der Waals surface area contributed by atoms with Gasteiger partial charge < -0.3 is 0 Å². The molecule has 11 heavy (non-hydrogen) atoms. The van der Waals surface area contributed by atoms with Crippen LogP contribution in [-0.4, -0.2) is 5.25 Å². The maximum atomic E-state index is 12.4. The van der Waals surface area contributed by atoms with Gasteiger partial charge in [-0.3, -0.25) is 0 Å². The van der Waals surface area contributed by atoms with Crippen molar-refractivity contribution in [2.24, 2.45) is 0 Å². The molecule has 0 unspecified atom stereocenters. The first-order valence-corrected chi connectivity index (χ1v) is 4.48. The topological polar surface area (TPSA) is 0 Å². The molecule has 1 rings (SSSR count). The molecule has 0 spiro atoms. The Hall–Kier alpha value is -0.500. The highest BCUT2D eigenvalue weighted by molar-refractivity contribution is 7.99. The molecule has 0 heterocycles. The minimum atomic E-state index is -0.168. The first kappa shape index (κ1) is 8.60. The van der Waals surface area contributed by atoms with Gasteiger partial charge in [-0.25, -0.2) is 4.39 Å². The van der Waals surface area contributed by atoms with Gasteiger partial charge in [0, 0.05) is 10.1 Å². The van der Waals surface area contributed by atoms with Gasteiger partial charge in [0.1, 0.15) is 5.82 Å². The van der Waals surface area contributed by atoms with Crippen LogP contribution < -0.4 is 0 Å². The third-order valence-electron chi connectivity index (χ3n) is 1.19. The lowest BCUT2D eigenvalue weighted by molar-refractivity contribution is 0.626. The number of hydrogen-bond donors (Lipinski definition) is 0. The largest absolute Gasteiger partial charge is 0.207 e. The molecule has 0 saturated carbocycles. The highest BCUT2D eigenvalue weighted by atomic mass is 32.2. The Kier molecular flexibility index (Phi) is 2.94. The summed E-state index contributed by atoms with van der Waals surface area (Å²) in [5.74, 6) is -0.168. The van der Waals surface area contributed by atoms with Crippen LogP contribution in [0.3, 0.4) is 0 Å². The molecule has 0 nitrogen and oxygen atoms in total. The molecule has 0 aliphatic carbocycles. The SMILES string of the molecule is CC(C)Sc1ccc(F)cc1. The molecular weight excluding hydrogens is 159 g/mol. The van der Waals surface area contributed by atoms with Crippen molar-refractivity contribution >= 4 is 11.8 Å². The average Bonchev–Trinajstić information content (AvgIpc) is 1.93. The molecule has 0 atom stereocenters. The summed E-state index contributed by atoms with van der Waals surface area (Å²) in [7, 11) is 0. The van der Waals surface area contributed by atoms with Crippen molar-refractivity contribution in [3.05, 3.63) is 30.1 Å². The quantitative estimate of drug-likeness (QED) is 0.613. The van der Waals surface area contributed by atoms with Crippen LogP contribution in [0.1, 0.15) is 13.8 Å². The van der Waals surface area contributed by atoms with Gasteiger partial charge in [-0.1, -0.05) is 13.8 Å². The zero-order valence-corrected chi connectivity index (χ0v) is 7.49. The van der Waals surface area contributed by atoms with E-state index in [9.17, 15) is 4.39 Å². The van der Waals surface area contributed by atoms with E-state index in [2.05, 4.69) is 13.8 Å². The Morgan fingerprint density at radius 1 is 1.18 bits per heavy atom. The van der Waals surface area contributed by atoms with Crippen LogP contribution in [0.5, 0.6) is 0 Å². The number of halogens is 1. The second-order valence-corrected chi connectivity index (χ2v) is 4.27.